The van der Waals surface area contributed by atoms with Crippen molar-refractivity contribution in [3.05, 3.63) is 105 Å². The van der Waals surface area contributed by atoms with Crippen LogP contribution in [0.5, 0.6) is 0 Å². The van der Waals surface area contributed by atoms with Gasteiger partial charge in [0.05, 0.1) is 21.7 Å². The molecule has 0 saturated heterocycles. The molecule has 1 N–H and O–H groups in total. The molecular formula is C25H17FN2O7. The molecule has 0 fully saturated rings. The maximum absolute atomic E-state index is 14.4. The molecule has 3 aromatic rings. The van der Waals surface area contributed by atoms with Crippen molar-refractivity contribution < 1.29 is 33.2 Å². The monoisotopic (exact) mass is 476 g/mol. The van der Waals surface area contributed by atoms with E-state index in [0.717, 1.165) is 18.2 Å². The fraction of sp³-hybridized carbons (Fsp3) is 0.120. The third-order valence-corrected chi connectivity index (χ3v) is 5.63. The predicted molar refractivity (Wildman–Crippen MR) is 120 cm³/mol. The maximum atomic E-state index is 14.4. The summed E-state index contributed by atoms with van der Waals surface area (Å²) in [6, 6.07) is 14.7. The summed E-state index contributed by atoms with van der Waals surface area (Å²) in [7, 11) is 0. The topological polar surface area (TPSA) is 133 Å². The van der Waals surface area contributed by atoms with Crippen molar-refractivity contribution in [3.63, 3.8) is 0 Å². The largest absolute Gasteiger partial charge is 0.453 e. The number of halogens is 1. The molecule has 0 aliphatic carbocycles. The molecule has 0 spiro atoms. The minimum absolute atomic E-state index is 0.0153. The van der Waals surface area contributed by atoms with Crippen LogP contribution in [0.2, 0.25) is 0 Å². The highest BCUT2D eigenvalue weighted by Gasteiger charge is 2.46. The number of rotatable bonds is 7. The zero-order valence-corrected chi connectivity index (χ0v) is 18.2. The van der Waals surface area contributed by atoms with Crippen molar-refractivity contribution >= 4 is 34.8 Å². The first-order valence-electron chi connectivity index (χ1n) is 10.4. The van der Waals surface area contributed by atoms with Crippen LogP contribution in [-0.4, -0.2) is 28.4 Å². The number of esters is 1. The third kappa shape index (κ3) is 4.41. The number of nitro benzene ring substituents is 1. The zero-order valence-electron chi connectivity index (χ0n) is 18.2. The van der Waals surface area contributed by atoms with E-state index in [2.05, 4.69) is 5.32 Å². The number of benzene rings is 3. The Morgan fingerprint density at radius 1 is 1.06 bits per heavy atom. The molecule has 3 aromatic carbocycles. The first-order chi connectivity index (χ1) is 16.7. The van der Waals surface area contributed by atoms with Crippen LogP contribution in [0.15, 0.2) is 66.7 Å². The second-order valence-electron chi connectivity index (χ2n) is 7.81. The molecule has 176 valence electrons. The molecule has 1 amide bonds. The molecule has 10 heteroatoms. The van der Waals surface area contributed by atoms with Crippen molar-refractivity contribution in [1.82, 2.24) is 0 Å². The van der Waals surface area contributed by atoms with Crippen LogP contribution in [-0.2, 0) is 14.3 Å². The molecular weight excluding hydrogens is 459 g/mol. The van der Waals surface area contributed by atoms with Gasteiger partial charge in [-0.15, -0.1) is 0 Å². The summed E-state index contributed by atoms with van der Waals surface area (Å²) in [5.41, 5.74) is -0.0436. The Balaban J connectivity index is 1.74. The van der Waals surface area contributed by atoms with Crippen molar-refractivity contribution in [2.75, 3.05) is 5.32 Å². The lowest BCUT2D eigenvalue weighted by atomic mass is 9.84. The molecule has 1 aliphatic heterocycles. The van der Waals surface area contributed by atoms with E-state index < -0.39 is 51.8 Å². The van der Waals surface area contributed by atoms with E-state index in [0.29, 0.717) is 5.56 Å². The number of cyclic esters (lactones) is 1. The Labute approximate surface area is 197 Å². The average molecular weight is 476 g/mol. The molecule has 35 heavy (non-hydrogen) atoms. The number of carbonyl (C=O) groups is 4. The highest BCUT2D eigenvalue weighted by atomic mass is 19.1. The fourth-order valence-corrected chi connectivity index (χ4v) is 3.83. The first kappa shape index (κ1) is 23.4. The van der Waals surface area contributed by atoms with E-state index >= 15 is 0 Å². The van der Waals surface area contributed by atoms with Gasteiger partial charge in [0.2, 0.25) is 5.78 Å². The fourth-order valence-electron chi connectivity index (χ4n) is 3.83. The summed E-state index contributed by atoms with van der Waals surface area (Å²) >= 11 is 0. The third-order valence-electron chi connectivity index (χ3n) is 5.63. The minimum Gasteiger partial charge on any atom is -0.453 e. The number of fused-ring (bicyclic) bond motifs is 1. The molecule has 1 aliphatic rings. The SMILES string of the molecule is Cc1ccc([N+](=O)[O-])cc1NC(=O)C(=O)[C@@H](C(=O)c1ccccc1F)[C@@H]1OC(=O)c2ccccc21. The Morgan fingerprint density at radius 3 is 2.46 bits per heavy atom. The lowest BCUT2D eigenvalue weighted by Crippen LogP contribution is -2.38. The molecule has 0 aromatic heterocycles. The Morgan fingerprint density at radius 2 is 1.74 bits per heavy atom. The Bertz CT molecular complexity index is 1400. The molecule has 2 atom stereocenters. The number of hydrogen-bond donors (Lipinski definition) is 1. The van der Waals surface area contributed by atoms with Gasteiger partial charge in [-0.3, -0.25) is 24.5 Å². The van der Waals surface area contributed by atoms with Crippen LogP contribution in [0.3, 0.4) is 0 Å². The summed E-state index contributed by atoms with van der Waals surface area (Å²) < 4.78 is 19.7. The molecule has 0 bridgehead atoms. The lowest BCUT2D eigenvalue weighted by Gasteiger charge is -2.21. The number of ketones is 2. The van der Waals surface area contributed by atoms with E-state index in [4.69, 9.17) is 4.74 Å². The summed E-state index contributed by atoms with van der Waals surface area (Å²) in [6.07, 6.45) is -1.46. The number of anilines is 1. The van der Waals surface area contributed by atoms with Gasteiger partial charge in [-0.25, -0.2) is 9.18 Å². The van der Waals surface area contributed by atoms with Crippen molar-refractivity contribution in [2.45, 2.75) is 13.0 Å². The number of non-ortho nitro benzene ring substituents is 1. The van der Waals surface area contributed by atoms with Crippen LogP contribution in [0.1, 0.15) is 37.9 Å². The number of nitro groups is 1. The van der Waals surface area contributed by atoms with Crippen LogP contribution in [0.25, 0.3) is 0 Å². The van der Waals surface area contributed by atoms with Gasteiger partial charge in [-0.1, -0.05) is 36.4 Å². The second kappa shape index (κ2) is 9.26. The molecule has 9 nitrogen and oxygen atoms in total. The van der Waals surface area contributed by atoms with E-state index in [1.54, 1.807) is 19.1 Å². The normalized spacial score (nSPS) is 15.0. The van der Waals surface area contributed by atoms with Gasteiger partial charge in [0, 0.05) is 17.7 Å². The van der Waals surface area contributed by atoms with Crippen molar-refractivity contribution in [3.8, 4) is 0 Å². The van der Waals surface area contributed by atoms with E-state index in [9.17, 15) is 33.7 Å². The summed E-state index contributed by atoms with van der Waals surface area (Å²) in [6.45, 7) is 1.56. The zero-order chi connectivity index (χ0) is 25.3. The second-order valence-corrected chi connectivity index (χ2v) is 7.81. The number of carbonyl (C=O) groups excluding carboxylic acids is 4. The number of ether oxygens (including phenoxy) is 1. The highest BCUT2D eigenvalue weighted by Crippen LogP contribution is 2.38. The minimum atomic E-state index is -1.89. The lowest BCUT2D eigenvalue weighted by molar-refractivity contribution is -0.384. The number of nitrogens with one attached hydrogen (secondary N) is 1. The highest BCUT2D eigenvalue weighted by molar-refractivity contribution is 6.45. The number of hydrogen-bond acceptors (Lipinski definition) is 7. The quantitative estimate of drug-likeness (QED) is 0.136. The Kier molecular flexibility index (Phi) is 6.20. The predicted octanol–water partition coefficient (Wildman–Crippen LogP) is 3.96. The molecule has 0 unspecified atom stereocenters. The molecule has 1 heterocycles. The van der Waals surface area contributed by atoms with E-state index in [1.807, 2.05) is 0 Å². The van der Waals surface area contributed by atoms with Crippen molar-refractivity contribution in [2.24, 2.45) is 5.92 Å². The number of amides is 1. The summed E-state index contributed by atoms with van der Waals surface area (Å²) in [4.78, 5) is 62.4. The van der Waals surface area contributed by atoms with Crippen LogP contribution < -0.4 is 5.32 Å². The van der Waals surface area contributed by atoms with Crippen LogP contribution in [0, 0.1) is 28.8 Å². The van der Waals surface area contributed by atoms with Gasteiger partial charge in [-0.05, 0) is 30.7 Å². The number of Topliss-reactive ketones (excluding diaryl/α,β-unsaturated/α-hetero) is 2. The van der Waals surface area contributed by atoms with E-state index in [1.165, 1.54) is 36.4 Å². The molecule has 4 rings (SSSR count). The van der Waals surface area contributed by atoms with Gasteiger partial charge in [0.15, 0.2) is 5.78 Å². The Hall–Kier alpha value is -4.73. The number of nitrogens with zero attached hydrogens (tertiary/aromatic N) is 1. The average Bonchev–Trinajstić information content (AvgIpc) is 3.16. The van der Waals surface area contributed by atoms with E-state index in [-0.39, 0.29) is 22.5 Å². The maximum Gasteiger partial charge on any atom is 0.339 e. The summed E-state index contributed by atoms with van der Waals surface area (Å²) in [5, 5.41) is 13.4. The van der Waals surface area contributed by atoms with Crippen LogP contribution >= 0.6 is 0 Å². The van der Waals surface area contributed by atoms with Crippen LogP contribution in [0.4, 0.5) is 15.8 Å². The smallest absolute Gasteiger partial charge is 0.339 e. The van der Waals surface area contributed by atoms with Gasteiger partial charge in [-0.2, -0.15) is 0 Å². The molecule has 0 saturated carbocycles. The van der Waals surface area contributed by atoms with Gasteiger partial charge in [0.1, 0.15) is 17.8 Å². The first-order valence-corrected chi connectivity index (χ1v) is 10.4. The molecule has 0 radical (unpaired) electrons. The van der Waals surface area contributed by atoms with Crippen molar-refractivity contribution in [1.29, 1.82) is 0 Å². The number of aryl methyl sites for hydroxylation is 1. The standard InChI is InChI=1S/C25H17FN2O7/c1-13-10-11-14(28(33)34)12-19(13)27-24(31)22(30)20(21(29)17-8-4-5-9-18(17)26)23-15-6-2-3-7-16(15)25(32)35-23/h2-12,20,23H,1H3,(H,27,31)/t20-,23-/m1/s1. The van der Waals surface area contributed by atoms with Gasteiger partial charge in [0.25, 0.3) is 11.6 Å². The summed E-state index contributed by atoms with van der Waals surface area (Å²) in [5.74, 6) is -7.21. The van der Waals surface area contributed by atoms with Gasteiger partial charge >= 0.3 is 5.97 Å². The van der Waals surface area contributed by atoms with Gasteiger partial charge < -0.3 is 10.1 Å².